The molecule has 2 rings (SSSR count). The van der Waals surface area contributed by atoms with E-state index in [9.17, 15) is 4.79 Å². The number of carbonyl (C=O) groups is 1. The maximum absolute atomic E-state index is 12.0. The van der Waals surface area contributed by atoms with Gasteiger partial charge in [0.2, 0.25) is 0 Å². The third-order valence-corrected chi connectivity index (χ3v) is 2.79. The summed E-state index contributed by atoms with van der Waals surface area (Å²) in [6, 6.07) is 3.70. The highest BCUT2D eigenvalue weighted by atomic mass is 16.3. The molecule has 18 heavy (non-hydrogen) atoms. The normalized spacial score (nSPS) is 12.4. The van der Waals surface area contributed by atoms with E-state index >= 15 is 0 Å². The number of hydrogen-bond acceptors (Lipinski definition) is 3. The largest absolute Gasteiger partial charge is 0.472 e. The highest BCUT2D eigenvalue weighted by molar-refractivity contribution is 5.95. The Morgan fingerprint density at radius 1 is 1.44 bits per heavy atom. The Morgan fingerprint density at radius 3 is 2.78 bits per heavy atom. The molecule has 2 aromatic rings. The first-order valence-electron chi connectivity index (χ1n) is 5.95. The molecular formula is C14H17NO3. The Kier molecular flexibility index (Phi) is 3.55. The molecule has 1 amide bonds. The van der Waals surface area contributed by atoms with Crippen LogP contribution in [0.5, 0.6) is 0 Å². The predicted octanol–water partition coefficient (Wildman–Crippen LogP) is 2.85. The zero-order valence-corrected chi connectivity index (χ0v) is 10.8. The molecule has 0 saturated heterocycles. The van der Waals surface area contributed by atoms with E-state index in [0.717, 1.165) is 17.7 Å². The molecule has 0 bridgehead atoms. The minimum absolute atomic E-state index is 0.0460. The maximum Gasteiger partial charge on any atom is 0.255 e. The lowest BCUT2D eigenvalue weighted by molar-refractivity contribution is 0.0938. The van der Waals surface area contributed by atoms with Crippen LogP contribution in [0.15, 0.2) is 33.5 Å². The van der Waals surface area contributed by atoms with Crippen LogP contribution < -0.4 is 5.32 Å². The zero-order valence-electron chi connectivity index (χ0n) is 10.8. The zero-order chi connectivity index (χ0) is 13.1. The topological polar surface area (TPSA) is 55.4 Å². The van der Waals surface area contributed by atoms with Crippen LogP contribution in [0.3, 0.4) is 0 Å². The van der Waals surface area contributed by atoms with E-state index in [-0.39, 0.29) is 11.9 Å². The molecule has 96 valence electrons. The smallest absolute Gasteiger partial charge is 0.255 e. The summed E-state index contributed by atoms with van der Waals surface area (Å²) in [4.78, 5) is 12.0. The van der Waals surface area contributed by atoms with Crippen molar-refractivity contribution in [1.29, 1.82) is 0 Å². The summed E-state index contributed by atoms with van der Waals surface area (Å²) in [5, 5.41) is 2.95. The second-order valence-electron chi connectivity index (χ2n) is 4.54. The molecule has 4 heteroatoms. The number of carbonyl (C=O) groups excluding carboxylic acids is 1. The van der Waals surface area contributed by atoms with Crippen LogP contribution in [0, 0.1) is 13.8 Å². The average molecular weight is 247 g/mol. The fraction of sp³-hybridized carbons (Fsp3) is 0.357. The second-order valence-corrected chi connectivity index (χ2v) is 4.54. The number of hydrogen-bond donors (Lipinski definition) is 1. The summed E-state index contributed by atoms with van der Waals surface area (Å²) in [5.41, 5.74) is 1.68. The molecule has 0 aromatic carbocycles. The molecule has 0 saturated carbocycles. The molecule has 4 nitrogen and oxygen atoms in total. The lowest BCUT2D eigenvalue weighted by Gasteiger charge is -2.12. The average Bonchev–Trinajstić information content (AvgIpc) is 2.88. The van der Waals surface area contributed by atoms with Crippen LogP contribution in [-0.4, -0.2) is 11.9 Å². The van der Waals surface area contributed by atoms with Gasteiger partial charge < -0.3 is 14.2 Å². The Morgan fingerprint density at radius 2 is 2.22 bits per heavy atom. The van der Waals surface area contributed by atoms with E-state index < -0.39 is 0 Å². The molecule has 0 radical (unpaired) electrons. The fourth-order valence-corrected chi connectivity index (χ4v) is 1.97. The van der Waals surface area contributed by atoms with Gasteiger partial charge in [0.25, 0.3) is 5.91 Å². The lowest BCUT2D eigenvalue weighted by atomic mass is 10.1. The van der Waals surface area contributed by atoms with Crippen molar-refractivity contribution in [3.63, 3.8) is 0 Å². The van der Waals surface area contributed by atoms with Gasteiger partial charge in [0.1, 0.15) is 11.5 Å². The van der Waals surface area contributed by atoms with E-state index in [1.165, 1.54) is 0 Å². The van der Waals surface area contributed by atoms with Crippen LogP contribution in [0.4, 0.5) is 0 Å². The van der Waals surface area contributed by atoms with Crippen molar-refractivity contribution in [1.82, 2.24) is 5.32 Å². The number of nitrogens with one attached hydrogen (secondary N) is 1. The second kappa shape index (κ2) is 5.12. The van der Waals surface area contributed by atoms with Gasteiger partial charge in [-0.3, -0.25) is 4.79 Å². The van der Waals surface area contributed by atoms with Gasteiger partial charge in [-0.05, 0) is 44.9 Å². The van der Waals surface area contributed by atoms with Gasteiger partial charge in [-0.15, -0.1) is 0 Å². The SMILES string of the molecule is Cc1cc(C(=O)NC(C)Cc2ccoc2)c(C)o1. The van der Waals surface area contributed by atoms with Crippen molar-refractivity contribution in [3.05, 3.63) is 47.3 Å². The standard InChI is InChI=1S/C14H17NO3/c1-9(6-12-4-5-17-8-12)15-14(16)13-7-10(2)18-11(13)3/h4-5,7-9H,6H2,1-3H3,(H,15,16). The van der Waals surface area contributed by atoms with Gasteiger partial charge >= 0.3 is 0 Å². The van der Waals surface area contributed by atoms with Crippen molar-refractivity contribution < 1.29 is 13.6 Å². The third-order valence-electron chi connectivity index (χ3n) is 2.79. The van der Waals surface area contributed by atoms with Crippen molar-refractivity contribution in [2.75, 3.05) is 0 Å². The molecule has 2 aromatic heterocycles. The van der Waals surface area contributed by atoms with Gasteiger partial charge in [0.05, 0.1) is 18.1 Å². The summed E-state index contributed by atoms with van der Waals surface area (Å²) in [6.07, 6.45) is 4.07. The van der Waals surface area contributed by atoms with Gasteiger partial charge in [0, 0.05) is 6.04 Å². The summed E-state index contributed by atoms with van der Waals surface area (Å²) in [5.74, 6) is 1.31. The van der Waals surface area contributed by atoms with Gasteiger partial charge in [-0.25, -0.2) is 0 Å². The Hall–Kier alpha value is -1.97. The molecular weight excluding hydrogens is 230 g/mol. The van der Waals surface area contributed by atoms with Crippen LogP contribution in [-0.2, 0) is 6.42 Å². The van der Waals surface area contributed by atoms with E-state index in [1.54, 1.807) is 25.5 Å². The first-order valence-corrected chi connectivity index (χ1v) is 5.95. The first-order chi connectivity index (χ1) is 8.56. The molecule has 0 aliphatic carbocycles. The van der Waals surface area contributed by atoms with Crippen molar-refractivity contribution >= 4 is 5.91 Å². The minimum Gasteiger partial charge on any atom is -0.472 e. The molecule has 1 atom stereocenters. The van der Waals surface area contributed by atoms with E-state index in [1.807, 2.05) is 19.9 Å². The number of aryl methyl sites for hydroxylation is 2. The quantitative estimate of drug-likeness (QED) is 0.903. The Bertz CT molecular complexity index is 525. The summed E-state index contributed by atoms with van der Waals surface area (Å²) in [6.45, 7) is 5.59. The van der Waals surface area contributed by atoms with E-state index in [0.29, 0.717) is 11.3 Å². The molecule has 0 aliphatic rings. The first kappa shape index (κ1) is 12.5. The van der Waals surface area contributed by atoms with E-state index in [2.05, 4.69) is 5.32 Å². The number of rotatable bonds is 4. The van der Waals surface area contributed by atoms with Crippen LogP contribution >= 0.6 is 0 Å². The third kappa shape index (κ3) is 2.83. The fourth-order valence-electron chi connectivity index (χ4n) is 1.97. The molecule has 1 N–H and O–H groups in total. The van der Waals surface area contributed by atoms with Crippen molar-refractivity contribution in [2.24, 2.45) is 0 Å². The maximum atomic E-state index is 12.0. The summed E-state index contributed by atoms with van der Waals surface area (Å²) < 4.78 is 10.3. The monoisotopic (exact) mass is 247 g/mol. The Balaban J connectivity index is 1.97. The van der Waals surface area contributed by atoms with Crippen LogP contribution in [0.2, 0.25) is 0 Å². The lowest BCUT2D eigenvalue weighted by Crippen LogP contribution is -2.34. The number of furan rings is 2. The van der Waals surface area contributed by atoms with Crippen molar-refractivity contribution in [2.45, 2.75) is 33.2 Å². The predicted molar refractivity (Wildman–Crippen MR) is 67.5 cm³/mol. The van der Waals surface area contributed by atoms with E-state index in [4.69, 9.17) is 8.83 Å². The highest BCUT2D eigenvalue weighted by Crippen LogP contribution is 2.14. The number of amides is 1. The van der Waals surface area contributed by atoms with Gasteiger partial charge in [0.15, 0.2) is 0 Å². The summed E-state index contributed by atoms with van der Waals surface area (Å²) in [7, 11) is 0. The molecule has 2 heterocycles. The molecule has 0 fully saturated rings. The van der Waals surface area contributed by atoms with Crippen LogP contribution in [0.25, 0.3) is 0 Å². The highest BCUT2D eigenvalue weighted by Gasteiger charge is 2.15. The van der Waals surface area contributed by atoms with Gasteiger partial charge in [-0.2, -0.15) is 0 Å². The Labute approximate surface area is 106 Å². The molecule has 0 aliphatic heterocycles. The molecule has 0 spiro atoms. The van der Waals surface area contributed by atoms with Crippen LogP contribution in [0.1, 0.15) is 34.4 Å². The molecule has 1 unspecified atom stereocenters. The van der Waals surface area contributed by atoms with Gasteiger partial charge in [-0.1, -0.05) is 0 Å². The minimum atomic E-state index is -0.0969. The van der Waals surface area contributed by atoms with Crippen molar-refractivity contribution in [3.8, 4) is 0 Å². The summed E-state index contributed by atoms with van der Waals surface area (Å²) >= 11 is 0.